The van der Waals surface area contributed by atoms with Gasteiger partial charge in [-0.2, -0.15) is 4.31 Å². The number of piperazine rings is 1. The maximum Gasteiger partial charge on any atom is 0.267 e. The third kappa shape index (κ3) is 3.51. The molecule has 7 nitrogen and oxygen atoms in total. The van der Waals surface area contributed by atoms with Crippen LogP contribution >= 0.6 is 11.5 Å². The number of aromatic nitrogens is 2. The third-order valence-corrected chi connectivity index (χ3v) is 8.04. The quantitative estimate of drug-likeness (QED) is 0.777. The molecule has 1 fully saturated rings. The molecule has 4 rings (SSSR count). The minimum atomic E-state index is -3.53. The highest BCUT2D eigenvalue weighted by atomic mass is 32.2. The molecule has 144 valence electrons. The molecule has 1 saturated heterocycles. The van der Waals surface area contributed by atoms with Crippen molar-refractivity contribution < 1.29 is 13.2 Å². The highest BCUT2D eigenvalue weighted by Crippen LogP contribution is 2.26. The number of hydrogen-bond donors (Lipinski definition) is 0. The average Bonchev–Trinajstić information content (AvgIpc) is 3.13. The van der Waals surface area contributed by atoms with Crippen molar-refractivity contribution in [2.45, 2.75) is 37.5 Å². The lowest BCUT2D eigenvalue weighted by Gasteiger charge is -2.34. The summed E-state index contributed by atoms with van der Waals surface area (Å²) < 4.78 is 31.4. The van der Waals surface area contributed by atoms with Crippen LogP contribution in [0.2, 0.25) is 0 Å². The van der Waals surface area contributed by atoms with E-state index < -0.39 is 10.0 Å². The van der Waals surface area contributed by atoms with Crippen LogP contribution in [0.3, 0.4) is 0 Å². The summed E-state index contributed by atoms with van der Waals surface area (Å²) in [6.07, 6.45) is 4.26. The number of carbonyl (C=O) groups is 1. The first kappa shape index (κ1) is 18.5. The van der Waals surface area contributed by atoms with E-state index in [9.17, 15) is 13.2 Å². The molecular formula is C18H22N4O3S2. The highest BCUT2D eigenvalue weighted by Gasteiger charge is 2.32. The molecule has 0 bridgehead atoms. The molecule has 1 aromatic heterocycles. The van der Waals surface area contributed by atoms with Crippen LogP contribution in [0.1, 0.15) is 39.3 Å². The minimum Gasteiger partial charge on any atom is -0.335 e. The zero-order chi connectivity index (χ0) is 19.0. The van der Waals surface area contributed by atoms with Gasteiger partial charge in [-0.15, -0.1) is 5.10 Å². The average molecular weight is 407 g/mol. The molecule has 27 heavy (non-hydrogen) atoms. The van der Waals surface area contributed by atoms with Crippen LogP contribution in [0.15, 0.2) is 23.1 Å². The Hall–Kier alpha value is -1.84. The second-order valence-corrected chi connectivity index (χ2v) is 9.71. The maximum absolute atomic E-state index is 13.0. The van der Waals surface area contributed by atoms with Crippen LogP contribution in [0.4, 0.5) is 0 Å². The zero-order valence-electron chi connectivity index (χ0n) is 15.2. The Morgan fingerprint density at radius 2 is 1.78 bits per heavy atom. The molecule has 1 amide bonds. The van der Waals surface area contributed by atoms with Gasteiger partial charge in [0.2, 0.25) is 10.0 Å². The number of amides is 1. The van der Waals surface area contributed by atoms with Gasteiger partial charge in [-0.3, -0.25) is 4.79 Å². The van der Waals surface area contributed by atoms with Gasteiger partial charge in [0.15, 0.2) is 0 Å². The van der Waals surface area contributed by atoms with E-state index in [4.69, 9.17) is 0 Å². The Morgan fingerprint density at radius 1 is 1.07 bits per heavy atom. The van der Waals surface area contributed by atoms with Crippen molar-refractivity contribution >= 4 is 27.5 Å². The summed E-state index contributed by atoms with van der Waals surface area (Å²) in [5, 5.41) is 3.88. The molecule has 2 aromatic rings. The summed E-state index contributed by atoms with van der Waals surface area (Å²) >= 11 is 1.08. The van der Waals surface area contributed by atoms with Crippen LogP contribution in [-0.2, 0) is 22.9 Å². The molecule has 2 heterocycles. The van der Waals surface area contributed by atoms with Gasteiger partial charge in [0.1, 0.15) is 4.88 Å². The van der Waals surface area contributed by atoms with Gasteiger partial charge in [0.05, 0.1) is 10.6 Å². The van der Waals surface area contributed by atoms with E-state index in [2.05, 4.69) is 9.59 Å². The van der Waals surface area contributed by atoms with E-state index in [1.54, 1.807) is 17.9 Å². The number of nitrogens with zero attached hydrogens (tertiary/aromatic N) is 4. The smallest absolute Gasteiger partial charge is 0.267 e. The van der Waals surface area contributed by atoms with Gasteiger partial charge in [-0.1, -0.05) is 10.6 Å². The van der Waals surface area contributed by atoms with E-state index in [1.807, 2.05) is 12.1 Å². The number of hydrogen-bond acceptors (Lipinski definition) is 6. The topological polar surface area (TPSA) is 83.5 Å². The molecule has 1 aromatic carbocycles. The van der Waals surface area contributed by atoms with Crippen molar-refractivity contribution in [1.29, 1.82) is 0 Å². The Kier molecular flexibility index (Phi) is 5.00. The first-order valence-electron chi connectivity index (χ1n) is 9.17. The molecule has 9 heteroatoms. The number of benzene rings is 1. The van der Waals surface area contributed by atoms with E-state index in [-0.39, 0.29) is 5.91 Å². The predicted molar refractivity (Wildman–Crippen MR) is 102 cm³/mol. The number of sulfonamides is 1. The fourth-order valence-corrected chi connectivity index (χ4v) is 5.82. The van der Waals surface area contributed by atoms with Crippen molar-refractivity contribution in [2.24, 2.45) is 0 Å². The van der Waals surface area contributed by atoms with Crippen LogP contribution < -0.4 is 0 Å². The van der Waals surface area contributed by atoms with Gasteiger partial charge >= 0.3 is 0 Å². The molecule has 0 saturated carbocycles. The van der Waals surface area contributed by atoms with Gasteiger partial charge in [0, 0.05) is 26.2 Å². The Bertz CT molecular complexity index is 963. The summed E-state index contributed by atoms with van der Waals surface area (Å²) in [5.74, 6) is -0.117. The largest absolute Gasteiger partial charge is 0.335 e. The van der Waals surface area contributed by atoms with Gasteiger partial charge in [-0.25, -0.2) is 8.42 Å². The van der Waals surface area contributed by atoms with E-state index in [0.29, 0.717) is 41.6 Å². The standard InChI is InChI=1S/C18H22N4O3S2/c1-13-17(26-20-19-13)18(23)21-8-10-22(11-9-21)27(24,25)16-7-6-14-4-2-3-5-15(14)12-16/h6-7,12H,2-5,8-11H2,1H3. The van der Waals surface area contributed by atoms with E-state index >= 15 is 0 Å². The first-order chi connectivity index (χ1) is 13.0. The summed E-state index contributed by atoms with van der Waals surface area (Å²) in [6, 6.07) is 5.53. The molecule has 0 radical (unpaired) electrons. The molecule has 0 unspecified atom stereocenters. The SMILES string of the molecule is Cc1nnsc1C(=O)N1CCN(S(=O)(=O)c2ccc3c(c2)CCCC3)CC1. The molecule has 2 aliphatic rings. The number of fused-ring (bicyclic) bond motifs is 1. The normalized spacial score (nSPS) is 18.3. The van der Waals surface area contributed by atoms with Crippen molar-refractivity contribution in [3.05, 3.63) is 39.9 Å². The van der Waals surface area contributed by atoms with Crippen molar-refractivity contribution in [1.82, 2.24) is 18.8 Å². The van der Waals surface area contributed by atoms with Crippen molar-refractivity contribution in [2.75, 3.05) is 26.2 Å². The van der Waals surface area contributed by atoms with E-state index in [1.165, 1.54) is 16.3 Å². The minimum absolute atomic E-state index is 0.117. The summed E-state index contributed by atoms with van der Waals surface area (Å²) in [6.45, 7) is 3.11. The number of aryl methyl sites for hydroxylation is 3. The Labute approximate surface area is 163 Å². The molecule has 0 atom stereocenters. The Morgan fingerprint density at radius 3 is 2.44 bits per heavy atom. The maximum atomic E-state index is 13.0. The summed E-state index contributed by atoms with van der Waals surface area (Å²) in [7, 11) is -3.53. The molecule has 0 N–H and O–H groups in total. The lowest BCUT2D eigenvalue weighted by atomic mass is 9.92. The molecule has 1 aliphatic heterocycles. The van der Waals surface area contributed by atoms with Gasteiger partial charge in [0.25, 0.3) is 5.91 Å². The fourth-order valence-electron chi connectivity index (χ4n) is 3.72. The number of carbonyl (C=O) groups excluding carboxylic acids is 1. The zero-order valence-corrected chi connectivity index (χ0v) is 16.9. The lowest BCUT2D eigenvalue weighted by molar-refractivity contribution is 0.0702. The highest BCUT2D eigenvalue weighted by molar-refractivity contribution is 7.89. The van der Waals surface area contributed by atoms with Crippen LogP contribution in [-0.4, -0.2) is 59.3 Å². The Balaban J connectivity index is 1.47. The molecular weight excluding hydrogens is 384 g/mol. The summed E-state index contributed by atoms with van der Waals surface area (Å²) in [4.78, 5) is 15.1. The van der Waals surface area contributed by atoms with Gasteiger partial charge < -0.3 is 4.90 Å². The monoisotopic (exact) mass is 406 g/mol. The third-order valence-electron chi connectivity index (χ3n) is 5.33. The molecule has 0 spiro atoms. The predicted octanol–water partition coefficient (Wildman–Crippen LogP) is 1.87. The first-order valence-corrected chi connectivity index (χ1v) is 11.4. The second-order valence-electron chi connectivity index (χ2n) is 7.02. The van der Waals surface area contributed by atoms with Crippen LogP contribution in [0.25, 0.3) is 0 Å². The van der Waals surface area contributed by atoms with E-state index in [0.717, 1.165) is 36.4 Å². The van der Waals surface area contributed by atoms with Crippen molar-refractivity contribution in [3.8, 4) is 0 Å². The lowest BCUT2D eigenvalue weighted by Crippen LogP contribution is -2.50. The van der Waals surface area contributed by atoms with Crippen LogP contribution in [0.5, 0.6) is 0 Å². The fraction of sp³-hybridized carbons (Fsp3) is 0.500. The van der Waals surface area contributed by atoms with Crippen molar-refractivity contribution in [3.63, 3.8) is 0 Å². The number of rotatable bonds is 3. The molecule has 1 aliphatic carbocycles. The second kappa shape index (κ2) is 7.29. The summed E-state index contributed by atoms with van der Waals surface area (Å²) in [5.41, 5.74) is 3.04. The van der Waals surface area contributed by atoms with Gasteiger partial charge in [-0.05, 0) is 67.4 Å². The van der Waals surface area contributed by atoms with Crippen LogP contribution in [0, 0.1) is 6.92 Å².